The minimum atomic E-state index is -0.428. The lowest BCUT2D eigenvalue weighted by Crippen LogP contribution is -2.41. The molecule has 1 aliphatic rings. The molecule has 1 atom stereocenters. The van der Waals surface area contributed by atoms with E-state index in [-0.39, 0.29) is 17.2 Å². The van der Waals surface area contributed by atoms with E-state index in [0.717, 1.165) is 11.0 Å². The van der Waals surface area contributed by atoms with Gasteiger partial charge in [0.1, 0.15) is 0 Å². The van der Waals surface area contributed by atoms with Gasteiger partial charge in [-0.15, -0.1) is 0 Å². The Morgan fingerprint density at radius 2 is 1.86 bits per heavy atom. The first-order valence-corrected chi connectivity index (χ1v) is 7.58. The van der Waals surface area contributed by atoms with E-state index in [1.807, 2.05) is 52.8 Å². The maximum Gasteiger partial charge on any atom is 0.494 e. The number of halogens is 1. The van der Waals surface area contributed by atoms with Crippen molar-refractivity contribution in [3.63, 3.8) is 0 Å². The molecule has 22 heavy (non-hydrogen) atoms. The highest BCUT2D eigenvalue weighted by molar-refractivity contribution is 6.62. The van der Waals surface area contributed by atoms with Gasteiger partial charge < -0.3 is 14.0 Å². The van der Waals surface area contributed by atoms with E-state index in [1.54, 1.807) is 0 Å². The third kappa shape index (κ3) is 3.34. The predicted octanol–water partition coefficient (Wildman–Crippen LogP) is 2.83. The fourth-order valence-corrected chi connectivity index (χ4v) is 2.56. The maximum atomic E-state index is 6.37. The van der Waals surface area contributed by atoms with E-state index in [0.29, 0.717) is 5.02 Å². The summed E-state index contributed by atoms with van der Waals surface area (Å²) < 4.78 is 16.4. The van der Waals surface area contributed by atoms with Crippen molar-refractivity contribution in [2.75, 3.05) is 0 Å². The Morgan fingerprint density at radius 1 is 1.27 bits per heavy atom. The fraction of sp³-hybridized carbons (Fsp3) is 0.533. The first-order valence-electron chi connectivity index (χ1n) is 7.20. The van der Waals surface area contributed by atoms with Gasteiger partial charge in [0.05, 0.1) is 17.2 Å². The Labute approximate surface area is 138 Å². The van der Waals surface area contributed by atoms with Gasteiger partial charge >= 0.3 is 15.2 Å². The Hall–Kier alpha value is -0.970. The lowest BCUT2D eigenvalue weighted by atomic mass is 9.78. The van der Waals surface area contributed by atoms with Gasteiger partial charge in [0.25, 0.3) is 0 Å². The van der Waals surface area contributed by atoms with Crippen molar-refractivity contribution >= 4 is 38.6 Å². The summed E-state index contributed by atoms with van der Waals surface area (Å²) in [6.07, 6.45) is 1.20. The van der Waals surface area contributed by atoms with Gasteiger partial charge in [0, 0.05) is 5.02 Å². The quantitative estimate of drug-likeness (QED) is 0.487. The highest BCUT2D eigenvalue weighted by Crippen LogP contribution is 2.36. The molecule has 4 nitrogen and oxygen atoms in total. The number of aliphatic imine (C=N–C) groups is 1. The summed E-state index contributed by atoms with van der Waals surface area (Å²) in [5, 5.41) is 0.605. The first kappa shape index (κ1) is 17.4. The average Bonchev–Trinajstić information content (AvgIpc) is 2.64. The molecule has 1 fully saturated rings. The van der Waals surface area contributed by atoms with Crippen LogP contribution in [0.5, 0.6) is 0 Å². The molecule has 2 rings (SSSR count). The van der Waals surface area contributed by atoms with Crippen molar-refractivity contribution in [1.82, 2.24) is 0 Å². The van der Waals surface area contributed by atoms with Crippen LogP contribution >= 0.6 is 11.6 Å². The standard InChI is InChI=1S/C15H20B2ClNO3/c1-10(19-9-20-16)12-7-6-11(8-13(12)18)17-21-14(2,3)15(4,5)22-17/h6-10H,1-5H3. The van der Waals surface area contributed by atoms with Crippen LogP contribution < -0.4 is 5.46 Å². The van der Waals surface area contributed by atoms with Gasteiger partial charge in [0.15, 0.2) is 6.40 Å². The van der Waals surface area contributed by atoms with Crippen LogP contribution in [-0.4, -0.2) is 32.8 Å². The Morgan fingerprint density at radius 3 is 2.36 bits per heavy atom. The lowest BCUT2D eigenvalue weighted by Gasteiger charge is -2.32. The van der Waals surface area contributed by atoms with Crippen molar-refractivity contribution < 1.29 is 14.0 Å². The van der Waals surface area contributed by atoms with Crippen LogP contribution in [0.3, 0.4) is 0 Å². The minimum Gasteiger partial charge on any atom is -0.560 e. The van der Waals surface area contributed by atoms with E-state index >= 15 is 0 Å². The molecule has 1 unspecified atom stereocenters. The van der Waals surface area contributed by atoms with Gasteiger partial charge in [-0.25, -0.2) is 0 Å². The van der Waals surface area contributed by atoms with E-state index in [2.05, 4.69) is 9.65 Å². The van der Waals surface area contributed by atoms with Crippen LogP contribution in [0.2, 0.25) is 5.02 Å². The summed E-state index contributed by atoms with van der Waals surface area (Å²) >= 11 is 6.37. The second-order valence-corrected chi connectivity index (χ2v) is 6.84. The van der Waals surface area contributed by atoms with E-state index in [9.17, 15) is 0 Å². The molecular weight excluding hydrogens is 299 g/mol. The number of hydrogen-bond donors (Lipinski definition) is 0. The zero-order valence-electron chi connectivity index (χ0n) is 13.6. The van der Waals surface area contributed by atoms with E-state index < -0.39 is 7.12 Å². The summed E-state index contributed by atoms with van der Waals surface area (Å²) in [6, 6.07) is 5.57. The smallest absolute Gasteiger partial charge is 0.494 e. The van der Waals surface area contributed by atoms with Gasteiger partial charge in [-0.1, -0.05) is 23.7 Å². The highest BCUT2D eigenvalue weighted by atomic mass is 35.5. The fourth-order valence-electron chi connectivity index (χ4n) is 2.21. The Balaban J connectivity index is 2.22. The minimum absolute atomic E-state index is 0.150. The number of rotatable bonds is 4. The van der Waals surface area contributed by atoms with Crippen LogP contribution in [0.1, 0.15) is 46.2 Å². The second-order valence-electron chi connectivity index (χ2n) is 6.44. The molecule has 0 N–H and O–H groups in total. The summed E-state index contributed by atoms with van der Waals surface area (Å²) in [4.78, 5) is 4.13. The number of nitrogens with zero attached hydrogens (tertiary/aromatic N) is 1. The highest BCUT2D eigenvalue weighted by Gasteiger charge is 2.51. The SMILES string of the molecule is [B]OC=NC(C)c1ccc(B2OC(C)(C)C(C)(C)O2)cc1Cl. The monoisotopic (exact) mass is 319 g/mol. The molecule has 1 aromatic rings. The van der Waals surface area contributed by atoms with Crippen molar-refractivity contribution in [2.24, 2.45) is 4.99 Å². The molecule has 2 radical (unpaired) electrons. The van der Waals surface area contributed by atoms with Gasteiger partial charge in [-0.05, 0) is 51.7 Å². The van der Waals surface area contributed by atoms with E-state index in [1.165, 1.54) is 6.40 Å². The van der Waals surface area contributed by atoms with Crippen LogP contribution in [0.4, 0.5) is 0 Å². The molecule has 1 heterocycles. The van der Waals surface area contributed by atoms with Crippen LogP contribution in [0.15, 0.2) is 23.2 Å². The van der Waals surface area contributed by atoms with Crippen molar-refractivity contribution in [3.8, 4) is 0 Å². The predicted molar refractivity (Wildman–Crippen MR) is 90.9 cm³/mol. The molecule has 0 aliphatic carbocycles. The van der Waals surface area contributed by atoms with Crippen molar-refractivity contribution in [2.45, 2.75) is 51.9 Å². The number of hydrogen-bond acceptors (Lipinski definition) is 4. The number of benzene rings is 1. The molecule has 7 heteroatoms. The molecule has 0 saturated carbocycles. The second kappa shape index (κ2) is 6.26. The zero-order valence-corrected chi connectivity index (χ0v) is 14.3. The molecule has 1 saturated heterocycles. The molecule has 1 aromatic carbocycles. The van der Waals surface area contributed by atoms with Gasteiger partial charge in [0.2, 0.25) is 0 Å². The van der Waals surface area contributed by atoms with Crippen molar-refractivity contribution in [3.05, 3.63) is 28.8 Å². The molecule has 116 valence electrons. The lowest BCUT2D eigenvalue weighted by molar-refractivity contribution is 0.00578. The molecule has 1 aliphatic heterocycles. The van der Waals surface area contributed by atoms with Gasteiger partial charge in [-0.2, -0.15) is 0 Å². The largest absolute Gasteiger partial charge is 0.560 e. The third-order valence-electron chi connectivity index (χ3n) is 4.35. The molecule has 0 aromatic heterocycles. The van der Waals surface area contributed by atoms with E-state index in [4.69, 9.17) is 29.0 Å². The zero-order chi connectivity index (χ0) is 16.5. The molecule has 0 amide bonds. The molecule has 0 spiro atoms. The van der Waals surface area contributed by atoms with Crippen molar-refractivity contribution in [1.29, 1.82) is 0 Å². The Kier molecular flexibility index (Phi) is 4.95. The first-order chi connectivity index (χ1) is 10.2. The van der Waals surface area contributed by atoms with Gasteiger partial charge in [-0.3, -0.25) is 4.99 Å². The summed E-state index contributed by atoms with van der Waals surface area (Å²) in [5.74, 6) is 0. The van der Waals surface area contributed by atoms with Crippen LogP contribution in [-0.2, 0) is 14.0 Å². The molecule has 0 bridgehead atoms. The van der Waals surface area contributed by atoms with Crippen LogP contribution in [0, 0.1) is 0 Å². The topological polar surface area (TPSA) is 40.0 Å². The summed E-state index contributed by atoms with van der Waals surface area (Å²) in [6.45, 7) is 9.99. The third-order valence-corrected chi connectivity index (χ3v) is 4.67. The normalized spacial score (nSPS) is 21.3. The summed E-state index contributed by atoms with van der Waals surface area (Å²) in [5.41, 5.74) is 1.02. The summed E-state index contributed by atoms with van der Waals surface area (Å²) in [7, 11) is 4.51. The average molecular weight is 319 g/mol. The molecular formula is C15H20B2ClNO3. The van der Waals surface area contributed by atoms with Crippen LogP contribution in [0.25, 0.3) is 0 Å². The maximum absolute atomic E-state index is 6.37. The Bertz CT molecular complexity index is 562.